The molecule has 2 aliphatic carbocycles. The molecule has 2 fully saturated rings. The molecule has 5 nitrogen and oxygen atoms in total. The van der Waals surface area contributed by atoms with Crippen LogP contribution in [0.5, 0.6) is 5.75 Å². The molecule has 0 N–H and O–H groups in total. The van der Waals surface area contributed by atoms with Crippen LogP contribution in [0.2, 0.25) is 0 Å². The topological polar surface area (TPSA) is 63.7 Å². The average Bonchev–Trinajstić information content (AvgIpc) is 3.18. The number of aldehydes is 1. The van der Waals surface area contributed by atoms with E-state index in [1.165, 1.54) is 0 Å². The second-order valence-corrected chi connectivity index (χ2v) is 5.75. The normalized spacial score (nSPS) is 32.7. The minimum atomic E-state index is -0.262. The lowest BCUT2D eigenvalue weighted by molar-refractivity contribution is -0.167. The van der Waals surface area contributed by atoms with Gasteiger partial charge in [-0.05, 0) is 42.5 Å². The quantitative estimate of drug-likeness (QED) is 0.480. The summed E-state index contributed by atoms with van der Waals surface area (Å²) in [5, 5.41) is 0.900. The molecule has 1 aromatic rings. The molecule has 1 aliphatic heterocycles. The van der Waals surface area contributed by atoms with Gasteiger partial charge in [0.25, 0.3) is 11.8 Å². The first-order valence-electron chi connectivity index (χ1n) is 6.98. The summed E-state index contributed by atoms with van der Waals surface area (Å²) in [5.41, 5.74) is 0.514. The van der Waals surface area contributed by atoms with Crippen molar-refractivity contribution in [2.75, 3.05) is 0 Å². The van der Waals surface area contributed by atoms with E-state index < -0.39 is 0 Å². The number of fused-ring (bicyclic) bond motifs is 5. The Morgan fingerprint density at radius 1 is 1.00 bits per heavy atom. The van der Waals surface area contributed by atoms with Crippen LogP contribution in [-0.4, -0.2) is 23.2 Å². The van der Waals surface area contributed by atoms with E-state index in [1.807, 2.05) is 12.2 Å². The van der Waals surface area contributed by atoms with Crippen LogP contribution in [0.1, 0.15) is 16.8 Å². The van der Waals surface area contributed by atoms with Gasteiger partial charge in [-0.1, -0.05) is 12.2 Å². The van der Waals surface area contributed by atoms with Crippen LogP contribution in [-0.2, 0) is 9.59 Å². The summed E-state index contributed by atoms with van der Waals surface area (Å²) in [7, 11) is 0. The Morgan fingerprint density at radius 3 is 2.10 bits per heavy atom. The monoisotopic (exact) mass is 283 g/mol. The highest BCUT2D eigenvalue weighted by Gasteiger charge is 2.60. The Hall–Kier alpha value is -2.43. The third-order valence-corrected chi connectivity index (χ3v) is 4.64. The molecule has 0 spiro atoms. The molecule has 5 heteroatoms. The number of carbonyl (C=O) groups is 3. The van der Waals surface area contributed by atoms with Crippen molar-refractivity contribution in [1.82, 2.24) is 5.06 Å². The zero-order chi connectivity index (χ0) is 14.6. The molecule has 2 bridgehead atoms. The van der Waals surface area contributed by atoms with Crippen molar-refractivity contribution in [2.45, 2.75) is 6.42 Å². The van der Waals surface area contributed by atoms with Gasteiger partial charge in [0.2, 0.25) is 0 Å². The first-order valence-corrected chi connectivity index (χ1v) is 6.98. The molecule has 4 atom stereocenters. The summed E-state index contributed by atoms with van der Waals surface area (Å²) in [6.45, 7) is 0. The van der Waals surface area contributed by atoms with Crippen LogP contribution < -0.4 is 4.84 Å². The largest absolute Gasteiger partial charge is 0.369 e. The first kappa shape index (κ1) is 12.3. The number of rotatable bonds is 3. The smallest absolute Gasteiger partial charge is 0.267 e. The minimum absolute atomic E-state index is 0.169. The number of allylic oxidation sites excluding steroid dienone is 2. The maximum atomic E-state index is 12.4. The van der Waals surface area contributed by atoms with E-state index in [0.717, 1.165) is 17.8 Å². The summed E-state index contributed by atoms with van der Waals surface area (Å²) in [4.78, 5) is 40.9. The van der Waals surface area contributed by atoms with Crippen molar-refractivity contribution in [1.29, 1.82) is 0 Å². The molecule has 1 saturated carbocycles. The van der Waals surface area contributed by atoms with Gasteiger partial charge in [0, 0.05) is 5.56 Å². The molecular formula is C16H13NO4. The zero-order valence-corrected chi connectivity index (χ0v) is 11.1. The van der Waals surface area contributed by atoms with Gasteiger partial charge in [0.1, 0.15) is 6.29 Å². The highest BCUT2D eigenvalue weighted by atomic mass is 16.7. The maximum Gasteiger partial charge on any atom is 0.267 e. The fourth-order valence-electron chi connectivity index (χ4n) is 3.68. The molecule has 0 aromatic heterocycles. The molecule has 0 radical (unpaired) electrons. The van der Waals surface area contributed by atoms with Gasteiger partial charge in [0.05, 0.1) is 11.8 Å². The van der Waals surface area contributed by atoms with Crippen molar-refractivity contribution < 1.29 is 19.2 Å². The van der Waals surface area contributed by atoms with Crippen LogP contribution >= 0.6 is 0 Å². The third kappa shape index (κ3) is 1.67. The maximum absolute atomic E-state index is 12.4. The Labute approximate surface area is 121 Å². The van der Waals surface area contributed by atoms with E-state index >= 15 is 0 Å². The van der Waals surface area contributed by atoms with Crippen LogP contribution in [0.3, 0.4) is 0 Å². The SMILES string of the molecule is O=Cc1ccc(ON2C(=O)C3C(C2=O)[C@H]2C=C[C@@H]3C2)cc1. The fraction of sp³-hybridized carbons (Fsp3) is 0.312. The number of hydroxylamine groups is 2. The third-order valence-electron chi connectivity index (χ3n) is 4.64. The number of benzene rings is 1. The summed E-state index contributed by atoms with van der Waals surface area (Å²) < 4.78 is 0. The standard InChI is InChI=1S/C16H13NO4/c18-8-9-1-5-12(6-2-9)21-17-15(19)13-10-3-4-11(7-10)14(13)16(17)20/h1-6,8,10-11,13-14H,7H2/t10-,11+,13?,14?. The fourth-order valence-corrected chi connectivity index (χ4v) is 3.68. The van der Waals surface area contributed by atoms with E-state index in [4.69, 9.17) is 4.84 Å². The lowest BCUT2D eigenvalue weighted by Crippen LogP contribution is -2.36. The Bertz CT molecular complexity index is 633. The second-order valence-electron chi connectivity index (χ2n) is 5.75. The minimum Gasteiger partial charge on any atom is -0.369 e. The molecular weight excluding hydrogens is 270 g/mol. The molecule has 1 heterocycles. The lowest BCUT2D eigenvalue weighted by Gasteiger charge is -2.17. The summed E-state index contributed by atoms with van der Waals surface area (Å²) in [6, 6.07) is 6.31. The highest BCUT2D eigenvalue weighted by molar-refractivity contribution is 6.05. The van der Waals surface area contributed by atoms with Gasteiger partial charge in [-0.15, -0.1) is 5.06 Å². The van der Waals surface area contributed by atoms with E-state index in [2.05, 4.69) is 0 Å². The van der Waals surface area contributed by atoms with Crippen LogP contribution in [0.25, 0.3) is 0 Å². The van der Waals surface area contributed by atoms with Crippen molar-refractivity contribution >= 4 is 18.1 Å². The van der Waals surface area contributed by atoms with E-state index in [9.17, 15) is 14.4 Å². The number of hydrogen-bond donors (Lipinski definition) is 0. The van der Waals surface area contributed by atoms with Crippen LogP contribution in [0.4, 0.5) is 0 Å². The van der Waals surface area contributed by atoms with Gasteiger partial charge in [0.15, 0.2) is 5.75 Å². The Morgan fingerprint density at radius 2 is 1.57 bits per heavy atom. The van der Waals surface area contributed by atoms with Crippen molar-refractivity contribution in [3.05, 3.63) is 42.0 Å². The van der Waals surface area contributed by atoms with Gasteiger partial charge in [-0.3, -0.25) is 14.4 Å². The highest BCUT2D eigenvalue weighted by Crippen LogP contribution is 2.52. The van der Waals surface area contributed by atoms with E-state index in [1.54, 1.807) is 24.3 Å². The number of imide groups is 1. The zero-order valence-electron chi connectivity index (χ0n) is 11.1. The molecule has 2 unspecified atom stereocenters. The molecule has 3 aliphatic rings. The van der Waals surface area contributed by atoms with E-state index in [-0.39, 0.29) is 35.5 Å². The number of carbonyl (C=O) groups excluding carboxylic acids is 3. The van der Waals surface area contributed by atoms with Gasteiger partial charge in [-0.2, -0.15) is 0 Å². The van der Waals surface area contributed by atoms with Crippen LogP contribution in [0, 0.1) is 23.7 Å². The summed E-state index contributed by atoms with van der Waals surface area (Å²) >= 11 is 0. The molecule has 106 valence electrons. The van der Waals surface area contributed by atoms with Gasteiger partial charge >= 0.3 is 0 Å². The van der Waals surface area contributed by atoms with Crippen LogP contribution in [0.15, 0.2) is 36.4 Å². The average molecular weight is 283 g/mol. The van der Waals surface area contributed by atoms with Gasteiger partial charge < -0.3 is 4.84 Å². The molecule has 21 heavy (non-hydrogen) atoms. The van der Waals surface area contributed by atoms with Crippen molar-refractivity contribution in [2.24, 2.45) is 23.7 Å². The predicted octanol–water partition coefficient (Wildman–Crippen LogP) is 1.60. The molecule has 2 amide bonds. The molecule has 1 aromatic carbocycles. The van der Waals surface area contributed by atoms with E-state index in [0.29, 0.717) is 11.3 Å². The lowest BCUT2D eigenvalue weighted by atomic mass is 9.85. The Kier molecular flexibility index (Phi) is 2.51. The van der Waals surface area contributed by atoms with Crippen molar-refractivity contribution in [3.8, 4) is 5.75 Å². The summed E-state index contributed by atoms with van der Waals surface area (Å²) in [6.07, 6.45) is 5.71. The number of nitrogens with zero attached hydrogens (tertiary/aromatic N) is 1. The van der Waals surface area contributed by atoms with Crippen molar-refractivity contribution in [3.63, 3.8) is 0 Å². The summed E-state index contributed by atoms with van der Waals surface area (Å²) in [5.74, 6) is -0.307. The molecule has 1 saturated heterocycles. The van der Waals surface area contributed by atoms with Gasteiger partial charge in [-0.25, -0.2) is 0 Å². The predicted molar refractivity (Wildman–Crippen MR) is 72.0 cm³/mol. The number of amides is 2. The molecule has 4 rings (SSSR count). The second kappa shape index (κ2) is 4.28. The Balaban J connectivity index is 1.57. The first-order chi connectivity index (χ1) is 10.2. The number of hydrogen-bond acceptors (Lipinski definition) is 4.